The summed E-state index contributed by atoms with van der Waals surface area (Å²) in [6.07, 6.45) is 0.958. The number of para-hydroxylation sites is 1. The molecular formula is C18H18BrClO. The highest BCUT2D eigenvalue weighted by atomic mass is 79.9. The molecule has 2 aromatic carbocycles. The first-order valence-electron chi connectivity index (χ1n) is 7.20. The number of alkyl halides is 1. The molecule has 1 heterocycles. The van der Waals surface area contributed by atoms with E-state index >= 15 is 0 Å². The van der Waals surface area contributed by atoms with E-state index in [2.05, 4.69) is 54.0 Å². The van der Waals surface area contributed by atoms with Crippen molar-refractivity contribution in [3.8, 4) is 5.75 Å². The quantitative estimate of drug-likeness (QED) is 0.601. The molecule has 0 bridgehead atoms. The molecule has 3 rings (SSSR count). The van der Waals surface area contributed by atoms with Crippen LogP contribution >= 0.6 is 27.5 Å². The van der Waals surface area contributed by atoms with Gasteiger partial charge >= 0.3 is 0 Å². The molecular weight excluding hydrogens is 348 g/mol. The number of hydrogen-bond donors (Lipinski definition) is 0. The van der Waals surface area contributed by atoms with Crippen molar-refractivity contribution >= 4 is 27.5 Å². The minimum atomic E-state index is -0.0261. The molecule has 2 unspecified atom stereocenters. The standard InChI is InChI=1S/C18H18BrClO/c1-11-10-16(19)12(2)9-15(11)18(20)14-7-8-21-17-6-4-3-5-13(14)17/h3-6,9-10,14,18H,7-8H2,1-2H3. The third-order valence-corrected chi connectivity index (χ3v) is 5.60. The first-order chi connectivity index (χ1) is 10.1. The average molecular weight is 366 g/mol. The van der Waals surface area contributed by atoms with Crippen LogP contribution < -0.4 is 4.74 Å². The Kier molecular flexibility index (Phi) is 4.28. The lowest BCUT2D eigenvalue weighted by Crippen LogP contribution is -2.18. The summed E-state index contributed by atoms with van der Waals surface area (Å²) >= 11 is 10.5. The van der Waals surface area contributed by atoms with Gasteiger partial charge in [0, 0.05) is 10.4 Å². The second-order valence-corrected chi connectivity index (χ2v) is 6.97. The largest absolute Gasteiger partial charge is 0.493 e. The lowest BCUT2D eigenvalue weighted by molar-refractivity contribution is 0.265. The number of benzene rings is 2. The van der Waals surface area contributed by atoms with Crippen molar-refractivity contribution in [1.82, 2.24) is 0 Å². The molecule has 0 amide bonds. The summed E-state index contributed by atoms with van der Waals surface area (Å²) in [6.45, 7) is 4.97. The minimum absolute atomic E-state index is 0.0261. The molecule has 110 valence electrons. The smallest absolute Gasteiger partial charge is 0.122 e. The van der Waals surface area contributed by atoms with Gasteiger partial charge in [-0.3, -0.25) is 0 Å². The molecule has 0 fully saturated rings. The van der Waals surface area contributed by atoms with Crippen LogP contribution in [0.15, 0.2) is 40.9 Å². The molecule has 2 atom stereocenters. The second kappa shape index (κ2) is 6.02. The Hall–Kier alpha value is -0.990. The fraction of sp³-hybridized carbons (Fsp3) is 0.333. The molecule has 0 spiro atoms. The maximum atomic E-state index is 6.87. The summed E-state index contributed by atoms with van der Waals surface area (Å²) in [4.78, 5) is 0. The number of aryl methyl sites for hydroxylation is 2. The minimum Gasteiger partial charge on any atom is -0.493 e. The van der Waals surface area contributed by atoms with Crippen LogP contribution in [0, 0.1) is 13.8 Å². The summed E-state index contributed by atoms with van der Waals surface area (Å²) in [7, 11) is 0. The number of fused-ring (bicyclic) bond motifs is 1. The number of ether oxygens (including phenoxy) is 1. The molecule has 21 heavy (non-hydrogen) atoms. The monoisotopic (exact) mass is 364 g/mol. The van der Waals surface area contributed by atoms with Gasteiger partial charge in [-0.25, -0.2) is 0 Å². The Bertz CT molecular complexity index is 668. The first kappa shape index (κ1) is 14.9. The van der Waals surface area contributed by atoms with Crippen LogP contribution in [0.25, 0.3) is 0 Å². The van der Waals surface area contributed by atoms with Gasteiger partial charge in [0.15, 0.2) is 0 Å². The van der Waals surface area contributed by atoms with Crippen molar-refractivity contribution in [2.45, 2.75) is 31.6 Å². The van der Waals surface area contributed by atoms with Crippen molar-refractivity contribution in [1.29, 1.82) is 0 Å². The zero-order valence-corrected chi connectivity index (χ0v) is 14.5. The first-order valence-corrected chi connectivity index (χ1v) is 8.43. The van der Waals surface area contributed by atoms with Crippen LogP contribution in [0.5, 0.6) is 5.75 Å². The lowest BCUT2D eigenvalue weighted by atomic mass is 9.85. The highest BCUT2D eigenvalue weighted by molar-refractivity contribution is 9.10. The predicted molar refractivity (Wildman–Crippen MR) is 91.5 cm³/mol. The fourth-order valence-corrected chi connectivity index (χ4v) is 3.95. The van der Waals surface area contributed by atoms with Crippen LogP contribution in [0.3, 0.4) is 0 Å². The molecule has 1 aliphatic rings. The third-order valence-electron chi connectivity index (χ3n) is 4.20. The van der Waals surface area contributed by atoms with E-state index in [-0.39, 0.29) is 5.38 Å². The number of halogens is 2. The SMILES string of the molecule is Cc1cc(C(Cl)C2CCOc3ccccc32)c(C)cc1Br. The Morgan fingerprint density at radius 2 is 1.95 bits per heavy atom. The summed E-state index contributed by atoms with van der Waals surface area (Å²) in [5.41, 5.74) is 4.90. The fourth-order valence-electron chi connectivity index (χ4n) is 2.99. The zero-order chi connectivity index (χ0) is 15.0. The summed E-state index contributed by atoms with van der Waals surface area (Å²) in [5, 5.41) is -0.0261. The van der Waals surface area contributed by atoms with E-state index in [1.165, 1.54) is 22.3 Å². The zero-order valence-electron chi connectivity index (χ0n) is 12.2. The highest BCUT2D eigenvalue weighted by Gasteiger charge is 2.29. The van der Waals surface area contributed by atoms with Gasteiger partial charge in [0.2, 0.25) is 0 Å². The van der Waals surface area contributed by atoms with Crippen LogP contribution in [0.1, 0.15) is 40.0 Å². The molecule has 0 aliphatic carbocycles. The average Bonchev–Trinajstić information content (AvgIpc) is 2.49. The molecule has 1 nitrogen and oxygen atoms in total. The maximum Gasteiger partial charge on any atom is 0.122 e. The van der Waals surface area contributed by atoms with Gasteiger partial charge in [0.1, 0.15) is 5.75 Å². The van der Waals surface area contributed by atoms with Crippen LogP contribution in [0.2, 0.25) is 0 Å². The van der Waals surface area contributed by atoms with E-state index in [4.69, 9.17) is 16.3 Å². The molecule has 2 aromatic rings. The molecule has 1 aliphatic heterocycles. The Labute approximate surface area is 139 Å². The van der Waals surface area contributed by atoms with Crippen LogP contribution in [-0.2, 0) is 0 Å². The van der Waals surface area contributed by atoms with E-state index < -0.39 is 0 Å². The maximum absolute atomic E-state index is 6.87. The van der Waals surface area contributed by atoms with E-state index in [9.17, 15) is 0 Å². The van der Waals surface area contributed by atoms with Crippen molar-refractivity contribution in [3.05, 3.63) is 63.1 Å². The van der Waals surface area contributed by atoms with Crippen molar-refractivity contribution in [2.75, 3.05) is 6.61 Å². The Morgan fingerprint density at radius 3 is 2.76 bits per heavy atom. The Morgan fingerprint density at radius 1 is 1.19 bits per heavy atom. The van der Waals surface area contributed by atoms with Gasteiger partial charge in [-0.15, -0.1) is 11.6 Å². The van der Waals surface area contributed by atoms with Gasteiger partial charge in [0.05, 0.1) is 12.0 Å². The van der Waals surface area contributed by atoms with Crippen LogP contribution in [0.4, 0.5) is 0 Å². The molecule has 0 N–H and O–H groups in total. The van der Waals surface area contributed by atoms with Crippen LogP contribution in [-0.4, -0.2) is 6.61 Å². The van der Waals surface area contributed by atoms with Gasteiger partial charge in [-0.2, -0.15) is 0 Å². The van der Waals surface area contributed by atoms with E-state index in [0.29, 0.717) is 5.92 Å². The number of rotatable bonds is 2. The van der Waals surface area contributed by atoms with Crippen molar-refractivity contribution < 1.29 is 4.74 Å². The van der Waals surface area contributed by atoms with Gasteiger partial charge in [-0.05, 0) is 54.7 Å². The highest BCUT2D eigenvalue weighted by Crippen LogP contribution is 2.45. The summed E-state index contributed by atoms with van der Waals surface area (Å²) in [5.74, 6) is 1.28. The Balaban J connectivity index is 2.00. The van der Waals surface area contributed by atoms with E-state index in [0.717, 1.165) is 23.2 Å². The second-order valence-electron chi connectivity index (χ2n) is 5.64. The summed E-state index contributed by atoms with van der Waals surface area (Å²) < 4.78 is 6.89. The van der Waals surface area contributed by atoms with E-state index in [1.807, 2.05) is 12.1 Å². The van der Waals surface area contributed by atoms with Crippen molar-refractivity contribution in [2.24, 2.45) is 0 Å². The molecule has 0 radical (unpaired) electrons. The normalized spacial score (nSPS) is 18.8. The van der Waals surface area contributed by atoms with Crippen molar-refractivity contribution in [3.63, 3.8) is 0 Å². The predicted octanol–water partition coefficient (Wildman–Crippen LogP) is 5.91. The van der Waals surface area contributed by atoms with Gasteiger partial charge < -0.3 is 4.74 Å². The topological polar surface area (TPSA) is 9.23 Å². The molecule has 0 saturated carbocycles. The molecule has 3 heteroatoms. The van der Waals surface area contributed by atoms with Gasteiger partial charge in [0.25, 0.3) is 0 Å². The number of hydrogen-bond acceptors (Lipinski definition) is 1. The van der Waals surface area contributed by atoms with Gasteiger partial charge in [-0.1, -0.05) is 40.2 Å². The summed E-state index contributed by atoms with van der Waals surface area (Å²) in [6, 6.07) is 12.6. The van der Waals surface area contributed by atoms with E-state index in [1.54, 1.807) is 0 Å². The molecule has 0 saturated heterocycles. The lowest BCUT2D eigenvalue weighted by Gasteiger charge is -2.30. The third kappa shape index (κ3) is 2.84. The molecule has 0 aromatic heterocycles.